The van der Waals surface area contributed by atoms with E-state index in [4.69, 9.17) is 0 Å². The summed E-state index contributed by atoms with van der Waals surface area (Å²) in [6.07, 6.45) is 0.671. The molecule has 0 aliphatic carbocycles. The second-order valence-corrected chi connectivity index (χ2v) is 9.99. The van der Waals surface area contributed by atoms with Gasteiger partial charge in [0.1, 0.15) is 11.8 Å². The van der Waals surface area contributed by atoms with Gasteiger partial charge in [0.15, 0.2) is 9.84 Å². The van der Waals surface area contributed by atoms with E-state index in [1.165, 1.54) is 29.2 Å². The molecule has 5 nitrogen and oxygen atoms in total. The Labute approximate surface area is 154 Å². The van der Waals surface area contributed by atoms with E-state index in [1.807, 2.05) is 0 Å². The van der Waals surface area contributed by atoms with Gasteiger partial charge in [0.25, 0.3) is 5.91 Å². The Hall–Kier alpha value is -1.26. The Kier molecular flexibility index (Phi) is 5.55. The highest BCUT2D eigenvalue weighted by atomic mass is 32.2. The van der Waals surface area contributed by atoms with Gasteiger partial charge in [-0.2, -0.15) is 13.2 Å². The molecule has 144 valence electrons. The van der Waals surface area contributed by atoms with E-state index in [-0.39, 0.29) is 40.1 Å². The predicted octanol–water partition coefficient (Wildman–Crippen LogP) is 0.826. The average molecular weight is 409 g/mol. The van der Waals surface area contributed by atoms with Crippen LogP contribution < -0.4 is 4.90 Å². The van der Waals surface area contributed by atoms with Crippen LogP contribution in [0.4, 0.5) is 13.2 Å². The standard InChI is InChI=1S/C16H19F3N2O3S2/c17-16(18,19)25-14-3-1-12(2-4-14)15(22)21-8-6-20(7-9-21)13-5-10-26(23,24)11-13/h1-4,13H,5-11H2/p+1/t13-/m0/s1. The van der Waals surface area contributed by atoms with Gasteiger partial charge >= 0.3 is 5.51 Å². The Morgan fingerprint density at radius 3 is 2.27 bits per heavy atom. The number of quaternary nitrogens is 1. The summed E-state index contributed by atoms with van der Waals surface area (Å²) in [6.45, 7) is 2.41. The van der Waals surface area contributed by atoms with Gasteiger partial charge in [-0.15, -0.1) is 0 Å². The van der Waals surface area contributed by atoms with E-state index in [2.05, 4.69) is 0 Å². The SMILES string of the molecule is O=C(c1ccc(SC(F)(F)F)cc1)N1CC[NH+]([C@H]2CCS(=O)(=O)C2)CC1. The number of hydrogen-bond donors (Lipinski definition) is 1. The fraction of sp³-hybridized carbons (Fsp3) is 0.562. The van der Waals surface area contributed by atoms with Crippen molar-refractivity contribution in [3.63, 3.8) is 0 Å². The predicted molar refractivity (Wildman–Crippen MR) is 92.0 cm³/mol. The van der Waals surface area contributed by atoms with Crippen molar-refractivity contribution < 1.29 is 31.3 Å². The summed E-state index contributed by atoms with van der Waals surface area (Å²) in [6, 6.07) is 5.54. The Morgan fingerprint density at radius 1 is 1.15 bits per heavy atom. The van der Waals surface area contributed by atoms with Gasteiger partial charge in [0.05, 0.1) is 31.9 Å². The van der Waals surface area contributed by atoms with Crippen LogP contribution in [0.2, 0.25) is 0 Å². The Bertz CT molecular complexity index is 758. The molecule has 1 N–H and O–H groups in total. The summed E-state index contributed by atoms with van der Waals surface area (Å²) in [4.78, 5) is 15.5. The van der Waals surface area contributed by atoms with E-state index in [1.54, 1.807) is 4.90 Å². The zero-order valence-electron chi connectivity index (χ0n) is 14.0. The van der Waals surface area contributed by atoms with Crippen LogP contribution >= 0.6 is 11.8 Å². The first-order valence-electron chi connectivity index (χ1n) is 8.33. The van der Waals surface area contributed by atoms with Crippen molar-refractivity contribution in [1.82, 2.24) is 4.90 Å². The molecule has 0 saturated carbocycles. The minimum Gasteiger partial charge on any atom is -0.329 e. The van der Waals surface area contributed by atoms with Crippen LogP contribution in [0, 0.1) is 0 Å². The molecule has 1 aromatic rings. The minimum absolute atomic E-state index is 0.0470. The molecule has 2 aliphatic rings. The molecule has 3 rings (SSSR count). The van der Waals surface area contributed by atoms with Gasteiger partial charge in [0, 0.05) is 16.9 Å². The molecule has 0 unspecified atom stereocenters. The maximum atomic E-state index is 12.5. The number of carbonyl (C=O) groups is 1. The van der Waals surface area contributed by atoms with Crippen LogP contribution in [0.15, 0.2) is 29.2 Å². The van der Waals surface area contributed by atoms with Gasteiger partial charge in [0.2, 0.25) is 0 Å². The van der Waals surface area contributed by atoms with E-state index in [9.17, 15) is 26.4 Å². The van der Waals surface area contributed by atoms with Gasteiger partial charge in [-0.05, 0) is 36.0 Å². The van der Waals surface area contributed by atoms with Crippen molar-refractivity contribution in [2.45, 2.75) is 22.9 Å². The second-order valence-electron chi connectivity index (χ2n) is 6.62. The maximum Gasteiger partial charge on any atom is 0.446 e. The first-order valence-corrected chi connectivity index (χ1v) is 11.0. The highest BCUT2D eigenvalue weighted by Crippen LogP contribution is 2.36. The number of sulfone groups is 1. The van der Waals surface area contributed by atoms with Crippen LogP contribution in [0.1, 0.15) is 16.8 Å². The molecule has 1 amide bonds. The Morgan fingerprint density at radius 2 is 1.77 bits per heavy atom. The van der Waals surface area contributed by atoms with Gasteiger partial charge in [-0.1, -0.05) is 0 Å². The zero-order chi connectivity index (χ0) is 18.9. The van der Waals surface area contributed by atoms with E-state index in [0.717, 1.165) is 0 Å². The highest BCUT2D eigenvalue weighted by molar-refractivity contribution is 8.00. The van der Waals surface area contributed by atoms with Gasteiger partial charge in [-0.25, -0.2) is 8.42 Å². The molecule has 2 saturated heterocycles. The van der Waals surface area contributed by atoms with Crippen molar-refractivity contribution in [3.8, 4) is 0 Å². The van der Waals surface area contributed by atoms with E-state index >= 15 is 0 Å². The maximum absolute atomic E-state index is 12.5. The third kappa shape index (κ3) is 4.92. The number of amides is 1. The average Bonchev–Trinajstić information content (AvgIpc) is 2.94. The molecule has 0 bridgehead atoms. The molecular weight excluding hydrogens is 389 g/mol. The van der Waals surface area contributed by atoms with E-state index < -0.39 is 15.3 Å². The first kappa shape index (κ1) is 19.5. The number of alkyl halides is 3. The molecule has 10 heteroatoms. The summed E-state index contributed by atoms with van der Waals surface area (Å²) < 4.78 is 60.3. The van der Waals surface area contributed by atoms with Crippen LogP contribution in [0.5, 0.6) is 0 Å². The van der Waals surface area contributed by atoms with Crippen molar-refractivity contribution in [3.05, 3.63) is 29.8 Å². The molecule has 0 aromatic heterocycles. The number of benzene rings is 1. The first-order chi connectivity index (χ1) is 12.1. The normalized spacial score (nSPS) is 24.0. The number of piperazine rings is 1. The molecular formula is C16H20F3N2O3S2+. The molecule has 1 atom stereocenters. The van der Waals surface area contributed by atoms with Crippen LogP contribution in [0.3, 0.4) is 0 Å². The topological polar surface area (TPSA) is 58.9 Å². The molecule has 26 heavy (non-hydrogen) atoms. The smallest absolute Gasteiger partial charge is 0.329 e. The summed E-state index contributed by atoms with van der Waals surface area (Å²) in [5.74, 6) is 0.257. The lowest BCUT2D eigenvalue weighted by atomic mass is 10.1. The second kappa shape index (κ2) is 7.40. The lowest BCUT2D eigenvalue weighted by Crippen LogP contribution is -3.18. The number of halogens is 3. The van der Waals surface area contributed by atoms with Crippen LogP contribution in [-0.2, 0) is 9.84 Å². The number of rotatable bonds is 3. The van der Waals surface area contributed by atoms with Gasteiger partial charge < -0.3 is 9.80 Å². The molecule has 0 spiro atoms. The van der Waals surface area contributed by atoms with E-state index in [0.29, 0.717) is 38.2 Å². The monoisotopic (exact) mass is 409 g/mol. The van der Waals surface area contributed by atoms with Crippen LogP contribution in [-0.4, -0.2) is 68.5 Å². The number of nitrogens with one attached hydrogen (secondary N) is 1. The highest BCUT2D eigenvalue weighted by Gasteiger charge is 2.37. The fourth-order valence-corrected chi connectivity index (χ4v) is 5.87. The van der Waals surface area contributed by atoms with Crippen molar-refractivity contribution in [2.75, 3.05) is 37.7 Å². The third-order valence-corrected chi connectivity index (χ3v) is 7.34. The van der Waals surface area contributed by atoms with Crippen molar-refractivity contribution in [1.29, 1.82) is 0 Å². The summed E-state index contributed by atoms with van der Waals surface area (Å²) in [5.41, 5.74) is -3.98. The third-order valence-electron chi connectivity index (χ3n) is 4.84. The fourth-order valence-electron chi connectivity index (χ4n) is 3.50. The Balaban J connectivity index is 1.55. The quantitative estimate of drug-likeness (QED) is 0.752. The van der Waals surface area contributed by atoms with Crippen molar-refractivity contribution >= 4 is 27.5 Å². The van der Waals surface area contributed by atoms with Crippen LogP contribution in [0.25, 0.3) is 0 Å². The zero-order valence-corrected chi connectivity index (χ0v) is 15.6. The minimum atomic E-state index is -4.35. The summed E-state index contributed by atoms with van der Waals surface area (Å²) in [7, 11) is -2.92. The number of hydrogen-bond acceptors (Lipinski definition) is 4. The summed E-state index contributed by atoms with van der Waals surface area (Å²) in [5, 5.41) is 0. The number of nitrogens with zero attached hydrogens (tertiary/aromatic N) is 1. The lowest BCUT2D eigenvalue weighted by molar-refractivity contribution is -0.925. The van der Waals surface area contributed by atoms with Gasteiger partial charge in [-0.3, -0.25) is 4.79 Å². The number of carbonyl (C=O) groups excluding carboxylic acids is 1. The summed E-state index contributed by atoms with van der Waals surface area (Å²) >= 11 is -0.206. The molecule has 0 radical (unpaired) electrons. The molecule has 2 aliphatic heterocycles. The largest absolute Gasteiger partial charge is 0.446 e. The lowest BCUT2D eigenvalue weighted by Gasteiger charge is -2.35. The number of thioether (sulfide) groups is 1. The molecule has 1 aromatic carbocycles. The van der Waals surface area contributed by atoms with Crippen molar-refractivity contribution in [2.24, 2.45) is 0 Å². The molecule has 2 fully saturated rings. The molecule has 2 heterocycles.